The van der Waals surface area contributed by atoms with E-state index in [0.717, 1.165) is 35.8 Å². The van der Waals surface area contributed by atoms with Gasteiger partial charge in [0, 0.05) is 30.3 Å². The molecule has 0 unspecified atom stereocenters. The van der Waals surface area contributed by atoms with E-state index in [1.807, 2.05) is 12.1 Å². The van der Waals surface area contributed by atoms with E-state index < -0.39 is 57.0 Å². The third-order valence-electron chi connectivity index (χ3n) is 10.9. The smallest absolute Gasteiger partial charge is 0.258 e. The number of rotatable bonds is 5. The number of nitrogens with zero attached hydrogens (tertiary/aromatic N) is 3. The number of carbonyl (C=O) groups is 4. The number of hydrogen-bond acceptors (Lipinski definition) is 8. The van der Waals surface area contributed by atoms with Crippen molar-refractivity contribution in [3.05, 3.63) is 89.8 Å². The third-order valence-corrected chi connectivity index (χ3v) is 12.3. The molecule has 10 nitrogen and oxygen atoms in total. The van der Waals surface area contributed by atoms with Gasteiger partial charge < -0.3 is 19.5 Å². The van der Waals surface area contributed by atoms with Crippen LogP contribution in [-0.2, 0) is 23.9 Å². The van der Waals surface area contributed by atoms with Gasteiger partial charge >= 0.3 is 0 Å². The Hall–Kier alpha value is -4.45. The Balaban J connectivity index is 1.23. The van der Waals surface area contributed by atoms with Crippen LogP contribution in [0.25, 0.3) is 0 Å². The monoisotopic (exact) mass is 719 g/mol. The summed E-state index contributed by atoms with van der Waals surface area (Å²) in [5.41, 5.74) is 2.14. The van der Waals surface area contributed by atoms with Gasteiger partial charge in [-0.2, -0.15) is 0 Å². The molecule has 6 atom stereocenters. The van der Waals surface area contributed by atoms with Crippen LogP contribution in [-0.4, -0.2) is 71.9 Å². The van der Waals surface area contributed by atoms with E-state index in [1.54, 1.807) is 18.2 Å². The number of ether oxygens (including phenoxy) is 2. The number of fused-ring (bicyclic) bond motifs is 4. The van der Waals surface area contributed by atoms with Crippen LogP contribution in [0.5, 0.6) is 11.5 Å². The van der Waals surface area contributed by atoms with Crippen LogP contribution >= 0.6 is 23.2 Å². The van der Waals surface area contributed by atoms with E-state index in [0.29, 0.717) is 30.2 Å². The van der Waals surface area contributed by atoms with Crippen molar-refractivity contribution in [2.45, 2.75) is 28.5 Å². The molecule has 4 fully saturated rings. The predicted octanol–water partition coefficient (Wildman–Crippen LogP) is 5.14. The highest BCUT2D eigenvalue weighted by Crippen LogP contribution is 2.66. The second-order valence-corrected chi connectivity index (χ2v) is 14.5. The van der Waals surface area contributed by atoms with E-state index in [2.05, 4.69) is 4.90 Å². The van der Waals surface area contributed by atoms with Crippen molar-refractivity contribution in [2.24, 2.45) is 17.8 Å². The van der Waals surface area contributed by atoms with Gasteiger partial charge in [0.15, 0.2) is 9.75 Å². The highest BCUT2D eigenvalue weighted by atomic mass is 35.5. The Morgan fingerprint density at radius 1 is 0.840 bits per heavy atom. The van der Waals surface area contributed by atoms with Crippen molar-refractivity contribution < 1.29 is 38.1 Å². The minimum Gasteiger partial charge on any atom is -0.508 e. The minimum absolute atomic E-state index is 0.0677. The molecule has 5 aliphatic rings. The van der Waals surface area contributed by atoms with Crippen molar-refractivity contribution in [1.29, 1.82) is 0 Å². The van der Waals surface area contributed by atoms with Crippen molar-refractivity contribution in [2.75, 3.05) is 48.1 Å². The molecule has 0 spiro atoms. The molecule has 3 aliphatic heterocycles. The van der Waals surface area contributed by atoms with Crippen LogP contribution in [0.4, 0.5) is 21.5 Å². The number of imide groups is 2. The first-order chi connectivity index (χ1) is 24.0. The Kier molecular flexibility index (Phi) is 7.74. The van der Waals surface area contributed by atoms with Crippen LogP contribution in [0.15, 0.2) is 78.4 Å². The zero-order valence-electron chi connectivity index (χ0n) is 26.9. The number of carbonyl (C=O) groups excluding carboxylic acids is 4. The predicted molar refractivity (Wildman–Crippen MR) is 183 cm³/mol. The van der Waals surface area contributed by atoms with Gasteiger partial charge in [-0.3, -0.25) is 24.1 Å². The van der Waals surface area contributed by atoms with E-state index in [9.17, 15) is 28.7 Å². The number of allylic oxidation sites excluding steroid dienone is 2. The van der Waals surface area contributed by atoms with Gasteiger partial charge in [-0.25, -0.2) is 9.29 Å². The summed E-state index contributed by atoms with van der Waals surface area (Å²) in [6.07, 6.45) is 1.72. The zero-order chi connectivity index (χ0) is 35.1. The van der Waals surface area contributed by atoms with E-state index in [4.69, 9.17) is 32.7 Å². The number of halogens is 3. The lowest BCUT2D eigenvalue weighted by atomic mass is 9.56. The lowest BCUT2D eigenvalue weighted by Crippen LogP contribution is -2.60. The van der Waals surface area contributed by atoms with E-state index in [-0.39, 0.29) is 35.7 Å². The molecule has 3 heterocycles. The molecule has 50 heavy (non-hydrogen) atoms. The molecule has 8 rings (SSSR count). The molecule has 0 aromatic heterocycles. The topological polar surface area (TPSA) is 117 Å². The van der Waals surface area contributed by atoms with Crippen LogP contribution < -0.4 is 19.4 Å². The average molecular weight is 721 g/mol. The molecule has 1 saturated carbocycles. The number of amides is 4. The summed E-state index contributed by atoms with van der Waals surface area (Å²) in [6, 6.07) is 16.5. The van der Waals surface area contributed by atoms with Gasteiger partial charge in [-0.15, -0.1) is 23.2 Å². The zero-order valence-corrected chi connectivity index (χ0v) is 28.4. The van der Waals surface area contributed by atoms with Crippen molar-refractivity contribution >= 4 is 63.9 Å². The molecule has 258 valence electrons. The third kappa shape index (κ3) is 4.56. The molecule has 4 amide bonds. The van der Waals surface area contributed by atoms with Gasteiger partial charge in [0.05, 0.1) is 43.5 Å². The SMILES string of the molecule is COc1ccc(O)c([C@H]2C3=CC[C@@H]4C(=O)N(c5ccc(N6CCOCC6)cc5)C(=O)[C@@H]4[C@@H]3C[C@@]3(Cl)C(=O)N(c4ccc(F)cc4)C(=O)[C@@]23Cl)c1. The Morgan fingerprint density at radius 3 is 2.16 bits per heavy atom. The van der Waals surface area contributed by atoms with E-state index in [1.165, 1.54) is 42.3 Å². The Morgan fingerprint density at radius 2 is 1.48 bits per heavy atom. The normalized spacial score (nSPS) is 30.6. The summed E-state index contributed by atoms with van der Waals surface area (Å²) in [4.78, 5) is 57.3. The molecule has 13 heteroatoms. The van der Waals surface area contributed by atoms with Crippen LogP contribution in [0.1, 0.15) is 24.3 Å². The number of aromatic hydroxyl groups is 1. The Bertz CT molecular complexity index is 1970. The second kappa shape index (κ2) is 11.8. The number of alkyl halides is 2. The first kappa shape index (κ1) is 32.7. The Labute approximate surface area is 296 Å². The molecule has 3 saturated heterocycles. The maximum atomic E-state index is 14.5. The molecule has 3 aromatic carbocycles. The maximum Gasteiger partial charge on any atom is 0.258 e. The molecule has 1 N–H and O–H groups in total. The number of phenols is 1. The molecule has 3 aromatic rings. The first-order valence-electron chi connectivity index (χ1n) is 16.4. The standard InChI is InChI=1S/C37H32Cl2FN3O7/c1-49-24-10-13-29(44)27(18-24)31-25-11-12-26-30(33(46)42(32(26)45)22-8-6-21(7-9-22)41-14-16-50-17-15-41)28(25)19-36(38)34(47)43(35(48)37(31,36)39)23-4-2-20(40)3-5-23/h2-11,13,18,26,28,30-31,44H,12,14-17,19H2,1H3/t26-,28+,30-,31+,36+,37-/m0/s1. The summed E-state index contributed by atoms with van der Waals surface area (Å²) in [6.45, 7) is 2.68. The number of benzene rings is 3. The summed E-state index contributed by atoms with van der Waals surface area (Å²) >= 11 is 14.8. The quantitative estimate of drug-likeness (QED) is 0.219. The van der Waals surface area contributed by atoms with Crippen LogP contribution in [0, 0.1) is 23.6 Å². The van der Waals surface area contributed by atoms with Crippen molar-refractivity contribution in [3.63, 3.8) is 0 Å². The fourth-order valence-electron chi connectivity index (χ4n) is 8.52. The highest BCUT2D eigenvalue weighted by molar-refractivity contribution is 6.58. The number of hydrogen-bond donors (Lipinski definition) is 1. The van der Waals surface area contributed by atoms with Crippen LogP contribution in [0.3, 0.4) is 0 Å². The molecular weight excluding hydrogens is 688 g/mol. The molecule has 0 radical (unpaired) electrons. The second-order valence-electron chi connectivity index (χ2n) is 13.3. The van der Waals surface area contributed by atoms with Gasteiger partial charge in [-0.05, 0) is 85.5 Å². The molecular formula is C37H32Cl2FN3O7. The fourth-order valence-corrected chi connectivity index (χ4v) is 9.45. The fraction of sp³-hybridized carbons (Fsp3) is 0.351. The van der Waals surface area contributed by atoms with Gasteiger partial charge in [0.1, 0.15) is 17.3 Å². The molecule has 0 bridgehead atoms. The number of anilines is 3. The average Bonchev–Trinajstić information content (AvgIpc) is 3.47. The van der Waals surface area contributed by atoms with Crippen molar-refractivity contribution in [1.82, 2.24) is 0 Å². The minimum atomic E-state index is -2.18. The van der Waals surface area contributed by atoms with Gasteiger partial charge in [0.2, 0.25) is 11.8 Å². The van der Waals surface area contributed by atoms with Gasteiger partial charge in [0.25, 0.3) is 11.8 Å². The first-order valence-corrected chi connectivity index (χ1v) is 17.1. The summed E-state index contributed by atoms with van der Waals surface area (Å²) in [5, 5.41) is 11.3. The van der Waals surface area contributed by atoms with Gasteiger partial charge in [-0.1, -0.05) is 11.6 Å². The molecule has 2 aliphatic carbocycles. The summed E-state index contributed by atoms with van der Waals surface area (Å²) in [5.74, 6) is -6.64. The number of methoxy groups -OCH3 is 1. The number of phenolic OH excluding ortho intramolecular Hbond substituents is 1. The maximum absolute atomic E-state index is 14.5. The van der Waals surface area contributed by atoms with Crippen LogP contribution in [0.2, 0.25) is 0 Å². The highest BCUT2D eigenvalue weighted by Gasteiger charge is 2.77. The van der Waals surface area contributed by atoms with Crippen molar-refractivity contribution in [3.8, 4) is 11.5 Å². The lowest BCUT2D eigenvalue weighted by Gasteiger charge is -2.50. The van der Waals surface area contributed by atoms with E-state index >= 15 is 0 Å². The summed E-state index contributed by atoms with van der Waals surface area (Å²) < 4.78 is 24.8. The summed E-state index contributed by atoms with van der Waals surface area (Å²) in [7, 11) is 1.44. The largest absolute Gasteiger partial charge is 0.508 e. The number of morpholine rings is 1. The lowest BCUT2D eigenvalue weighted by molar-refractivity contribution is -0.125.